The summed E-state index contributed by atoms with van der Waals surface area (Å²) in [4.78, 5) is 51.2. The Morgan fingerprint density at radius 2 is 1.91 bits per heavy atom. The molecular weight excluding hydrogens is 442 g/mol. The molecule has 0 bridgehead atoms. The van der Waals surface area contributed by atoms with Crippen molar-refractivity contribution in [2.24, 2.45) is 0 Å². The number of anilines is 1. The van der Waals surface area contributed by atoms with Gasteiger partial charge in [-0.05, 0) is 43.5 Å². The molecule has 0 fully saturated rings. The number of nitrogens with zero attached hydrogens (tertiary/aromatic N) is 2. The van der Waals surface area contributed by atoms with Gasteiger partial charge in [-0.2, -0.15) is 0 Å². The van der Waals surface area contributed by atoms with Crippen LogP contribution in [0.4, 0.5) is 11.5 Å². The second-order valence-electron chi connectivity index (χ2n) is 7.73. The number of rotatable bonds is 12. The number of aryl methyl sites for hydroxylation is 2. The van der Waals surface area contributed by atoms with E-state index >= 15 is 0 Å². The fourth-order valence-electron chi connectivity index (χ4n) is 3.15. The summed E-state index contributed by atoms with van der Waals surface area (Å²) in [5.74, 6) is -0.696. The van der Waals surface area contributed by atoms with Crippen molar-refractivity contribution in [3.05, 3.63) is 63.3 Å². The lowest BCUT2D eigenvalue weighted by Crippen LogP contribution is -2.39. The smallest absolute Gasteiger partial charge is 0.307 e. The van der Waals surface area contributed by atoms with Gasteiger partial charge in [0.05, 0.1) is 31.0 Å². The number of amides is 2. The van der Waals surface area contributed by atoms with Gasteiger partial charge in [0.25, 0.3) is 5.69 Å². The van der Waals surface area contributed by atoms with Gasteiger partial charge in [-0.1, -0.05) is 12.1 Å². The third-order valence-corrected chi connectivity index (χ3v) is 5.01. The molecule has 1 heterocycles. The van der Waals surface area contributed by atoms with E-state index in [1.165, 1.54) is 13.2 Å². The van der Waals surface area contributed by atoms with Gasteiger partial charge >= 0.3 is 5.97 Å². The highest BCUT2D eigenvalue weighted by molar-refractivity contribution is 5.85. The van der Waals surface area contributed by atoms with Crippen molar-refractivity contribution >= 4 is 29.3 Å². The molecule has 182 valence electrons. The van der Waals surface area contributed by atoms with E-state index in [0.717, 1.165) is 11.4 Å². The van der Waals surface area contributed by atoms with Gasteiger partial charge < -0.3 is 20.7 Å². The molecule has 0 aliphatic rings. The monoisotopic (exact) mass is 471 g/mol. The van der Waals surface area contributed by atoms with E-state index in [4.69, 9.17) is 0 Å². The molecule has 0 radical (unpaired) electrons. The number of aromatic nitrogens is 1. The molecule has 11 nitrogen and oxygen atoms in total. The number of methoxy groups -OCH3 is 1. The molecule has 0 aliphatic carbocycles. The lowest BCUT2D eigenvalue weighted by molar-refractivity contribution is -0.385. The van der Waals surface area contributed by atoms with E-state index in [-0.39, 0.29) is 31.0 Å². The zero-order valence-corrected chi connectivity index (χ0v) is 19.4. The molecule has 0 spiro atoms. The van der Waals surface area contributed by atoms with Crippen LogP contribution in [0.25, 0.3) is 0 Å². The van der Waals surface area contributed by atoms with E-state index < -0.39 is 22.8 Å². The van der Waals surface area contributed by atoms with E-state index in [1.54, 1.807) is 25.3 Å². The molecular formula is C23H29N5O6. The molecule has 0 saturated carbocycles. The van der Waals surface area contributed by atoms with Crippen LogP contribution >= 0.6 is 0 Å². The van der Waals surface area contributed by atoms with Gasteiger partial charge in [-0.15, -0.1) is 0 Å². The summed E-state index contributed by atoms with van der Waals surface area (Å²) in [5, 5.41) is 19.5. The Bertz CT molecular complexity index is 1040. The van der Waals surface area contributed by atoms with Crippen LogP contribution in [-0.2, 0) is 19.1 Å². The average Bonchev–Trinajstić information content (AvgIpc) is 2.80. The van der Waals surface area contributed by atoms with Crippen molar-refractivity contribution in [2.75, 3.05) is 25.5 Å². The molecule has 0 saturated heterocycles. The predicted octanol–water partition coefficient (Wildman–Crippen LogP) is 2.34. The molecule has 2 rings (SSSR count). The number of nitro benzene ring substituents is 1. The number of hydrogen-bond acceptors (Lipinski definition) is 8. The summed E-state index contributed by atoms with van der Waals surface area (Å²) >= 11 is 0. The molecule has 1 aromatic heterocycles. The van der Waals surface area contributed by atoms with Crippen molar-refractivity contribution in [3.8, 4) is 0 Å². The number of benzene rings is 1. The minimum absolute atomic E-state index is 0.121. The first-order valence-corrected chi connectivity index (χ1v) is 10.7. The molecule has 2 amide bonds. The molecule has 0 aliphatic heterocycles. The maximum absolute atomic E-state index is 12.4. The first kappa shape index (κ1) is 26.2. The lowest BCUT2D eigenvalue weighted by Gasteiger charge is -2.19. The minimum Gasteiger partial charge on any atom is -0.469 e. The van der Waals surface area contributed by atoms with Crippen LogP contribution in [-0.4, -0.2) is 47.9 Å². The zero-order chi connectivity index (χ0) is 25.1. The Morgan fingerprint density at radius 1 is 1.15 bits per heavy atom. The van der Waals surface area contributed by atoms with E-state index in [0.29, 0.717) is 24.1 Å². The predicted molar refractivity (Wildman–Crippen MR) is 125 cm³/mol. The number of carbonyl (C=O) groups excluding carboxylic acids is 3. The highest BCUT2D eigenvalue weighted by Crippen LogP contribution is 2.25. The summed E-state index contributed by atoms with van der Waals surface area (Å²) in [6.07, 6.45) is 2.24. The number of hydrogen-bond donors (Lipinski definition) is 3. The largest absolute Gasteiger partial charge is 0.469 e. The van der Waals surface area contributed by atoms with Gasteiger partial charge in [0, 0.05) is 30.8 Å². The van der Waals surface area contributed by atoms with Gasteiger partial charge in [-0.25, -0.2) is 4.98 Å². The van der Waals surface area contributed by atoms with Crippen LogP contribution < -0.4 is 16.0 Å². The second kappa shape index (κ2) is 12.9. The van der Waals surface area contributed by atoms with Crippen LogP contribution in [0.1, 0.15) is 42.0 Å². The Labute approximate surface area is 197 Å². The minimum atomic E-state index is -0.845. The first-order chi connectivity index (χ1) is 16.2. The van der Waals surface area contributed by atoms with E-state index in [1.807, 2.05) is 19.1 Å². The Balaban J connectivity index is 1.86. The van der Waals surface area contributed by atoms with Gasteiger partial charge in [0.2, 0.25) is 11.8 Å². The SMILES string of the molecule is COC(=O)CC(NC(=O)CNC(=O)CCCNc1cc(C)ccn1)c1ccc(C)c([N+](=O)[O-])c1. The summed E-state index contributed by atoms with van der Waals surface area (Å²) in [6.45, 7) is 3.81. The van der Waals surface area contributed by atoms with Crippen molar-refractivity contribution in [1.29, 1.82) is 0 Å². The number of nitrogens with one attached hydrogen (secondary N) is 3. The molecule has 1 atom stereocenters. The number of nitro groups is 1. The molecule has 11 heteroatoms. The quantitative estimate of drug-likeness (QED) is 0.185. The Hall–Kier alpha value is -4.02. The molecule has 34 heavy (non-hydrogen) atoms. The Kier molecular flexibility index (Phi) is 9.93. The highest BCUT2D eigenvalue weighted by Gasteiger charge is 2.22. The third-order valence-electron chi connectivity index (χ3n) is 5.01. The fourth-order valence-corrected chi connectivity index (χ4v) is 3.15. The molecule has 2 aromatic rings. The maximum Gasteiger partial charge on any atom is 0.307 e. The third kappa shape index (κ3) is 8.49. The van der Waals surface area contributed by atoms with Crippen LogP contribution in [0.3, 0.4) is 0 Å². The van der Waals surface area contributed by atoms with Gasteiger partial charge in [-0.3, -0.25) is 24.5 Å². The van der Waals surface area contributed by atoms with Gasteiger partial charge in [0.15, 0.2) is 0 Å². The van der Waals surface area contributed by atoms with E-state index in [9.17, 15) is 24.5 Å². The number of ether oxygens (including phenoxy) is 1. The van der Waals surface area contributed by atoms with Crippen LogP contribution in [0.15, 0.2) is 36.5 Å². The Morgan fingerprint density at radius 3 is 2.59 bits per heavy atom. The van der Waals surface area contributed by atoms with Crippen molar-refractivity contribution in [3.63, 3.8) is 0 Å². The van der Waals surface area contributed by atoms with Crippen LogP contribution in [0, 0.1) is 24.0 Å². The van der Waals surface area contributed by atoms with Crippen molar-refractivity contribution in [2.45, 2.75) is 39.2 Å². The van der Waals surface area contributed by atoms with Crippen molar-refractivity contribution in [1.82, 2.24) is 15.6 Å². The highest BCUT2D eigenvalue weighted by atomic mass is 16.6. The first-order valence-electron chi connectivity index (χ1n) is 10.7. The summed E-state index contributed by atoms with van der Waals surface area (Å²) in [7, 11) is 1.21. The topological polar surface area (TPSA) is 153 Å². The lowest BCUT2D eigenvalue weighted by atomic mass is 10.0. The van der Waals surface area contributed by atoms with Gasteiger partial charge in [0.1, 0.15) is 5.82 Å². The number of carbonyl (C=O) groups is 3. The number of pyridine rings is 1. The normalized spacial score (nSPS) is 11.3. The summed E-state index contributed by atoms with van der Waals surface area (Å²) in [6, 6.07) is 7.41. The summed E-state index contributed by atoms with van der Waals surface area (Å²) < 4.78 is 4.67. The fraction of sp³-hybridized carbons (Fsp3) is 0.391. The molecule has 1 unspecified atom stereocenters. The average molecular weight is 472 g/mol. The van der Waals surface area contributed by atoms with Crippen LogP contribution in [0.5, 0.6) is 0 Å². The zero-order valence-electron chi connectivity index (χ0n) is 19.4. The second-order valence-corrected chi connectivity index (χ2v) is 7.73. The van der Waals surface area contributed by atoms with E-state index in [2.05, 4.69) is 25.7 Å². The standard InChI is InChI=1S/C23H29N5O6/c1-15-8-10-25-20(11-15)24-9-4-5-21(29)26-14-22(30)27-18(13-23(31)34-3)17-7-6-16(2)19(12-17)28(32)33/h6-8,10-12,18H,4-5,9,13-14H2,1-3H3,(H,24,25)(H,26,29)(H,27,30). The van der Waals surface area contributed by atoms with Crippen molar-refractivity contribution < 1.29 is 24.0 Å². The number of esters is 1. The van der Waals surface area contributed by atoms with Crippen LogP contribution in [0.2, 0.25) is 0 Å². The molecule has 1 aromatic carbocycles. The molecule has 3 N–H and O–H groups in total. The summed E-state index contributed by atoms with van der Waals surface area (Å²) in [5.41, 5.74) is 1.80. The maximum atomic E-state index is 12.4.